The molecule has 0 radical (unpaired) electrons. The number of hydrogen-bond donors (Lipinski definition) is 2. The van der Waals surface area contributed by atoms with Crippen LogP contribution in [0.1, 0.15) is 26.2 Å². The Labute approximate surface area is 72.8 Å². The minimum atomic E-state index is -3.48. The molecule has 12 heavy (non-hydrogen) atoms. The Hall–Kier alpha value is -0.130. The van der Waals surface area contributed by atoms with Gasteiger partial charge in [-0.2, -0.15) is 0 Å². The molecule has 0 aromatic carbocycles. The van der Waals surface area contributed by atoms with Gasteiger partial charge in [-0.15, -0.1) is 0 Å². The molecule has 1 fully saturated rings. The molecule has 1 saturated carbocycles. The van der Waals surface area contributed by atoms with E-state index in [-0.39, 0.29) is 5.92 Å². The predicted molar refractivity (Wildman–Crippen MR) is 45.9 cm³/mol. The number of aliphatic hydroxyl groups is 1. The number of sulfonamides is 1. The van der Waals surface area contributed by atoms with E-state index in [0.29, 0.717) is 6.42 Å². The molecule has 4 nitrogen and oxygen atoms in total. The Morgan fingerprint density at radius 2 is 2.08 bits per heavy atom. The lowest BCUT2D eigenvalue weighted by Crippen LogP contribution is -2.36. The van der Waals surface area contributed by atoms with E-state index in [9.17, 15) is 13.5 Å². The molecule has 1 rings (SSSR count). The predicted octanol–water partition coefficient (Wildman–Crippen LogP) is -0.176. The van der Waals surface area contributed by atoms with Gasteiger partial charge in [0.15, 0.2) is 0 Å². The summed E-state index contributed by atoms with van der Waals surface area (Å²) in [5, 5.41) is 13.8. The van der Waals surface area contributed by atoms with E-state index in [4.69, 9.17) is 5.14 Å². The lowest BCUT2D eigenvalue weighted by atomic mass is 10.0. The van der Waals surface area contributed by atoms with Gasteiger partial charge in [-0.25, -0.2) is 13.6 Å². The van der Waals surface area contributed by atoms with Gasteiger partial charge in [-0.1, -0.05) is 6.42 Å². The summed E-state index contributed by atoms with van der Waals surface area (Å²) >= 11 is 0. The minimum Gasteiger partial charge on any atom is -0.393 e. The van der Waals surface area contributed by atoms with Crippen LogP contribution >= 0.6 is 0 Å². The quantitative estimate of drug-likeness (QED) is 0.638. The van der Waals surface area contributed by atoms with Crippen molar-refractivity contribution < 1.29 is 13.5 Å². The maximum Gasteiger partial charge on any atom is 0.212 e. The van der Waals surface area contributed by atoms with Crippen LogP contribution in [0.3, 0.4) is 0 Å². The second kappa shape index (κ2) is 3.32. The molecule has 0 saturated heterocycles. The molecule has 0 aromatic heterocycles. The molecule has 0 spiro atoms. The van der Waals surface area contributed by atoms with Crippen molar-refractivity contribution in [2.45, 2.75) is 37.5 Å². The second-order valence-electron chi connectivity index (χ2n) is 3.46. The van der Waals surface area contributed by atoms with Crippen molar-refractivity contribution in [3.05, 3.63) is 0 Å². The highest BCUT2D eigenvalue weighted by Gasteiger charge is 2.35. The smallest absolute Gasteiger partial charge is 0.212 e. The van der Waals surface area contributed by atoms with Gasteiger partial charge < -0.3 is 5.11 Å². The minimum absolute atomic E-state index is 0.167. The Balaban J connectivity index is 2.70. The number of nitrogens with two attached hydrogens (primary N) is 1. The van der Waals surface area contributed by atoms with Crippen molar-refractivity contribution in [3.8, 4) is 0 Å². The van der Waals surface area contributed by atoms with Gasteiger partial charge >= 0.3 is 0 Å². The van der Waals surface area contributed by atoms with Gasteiger partial charge in [-0.3, -0.25) is 0 Å². The van der Waals surface area contributed by atoms with Crippen molar-refractivity contribution in [1.29, 1.82) is 0 Å². The van der Waals surface area contributed by atoms with Crippen LogP contribution < -0.4 is 5.14 Å². The lowest BCUT2D eigenvalue weighted by Gasteiger charge is -2.19. The largest absolute Gasteiger partial charge is 0.393 e. The maximum atomic E-state index is 10.9. The van der Waals surface area contributed by atoms with Crippen molar-refractivity contribution in [2.75, 3.05) is 0 Å². The van der Waals surface area contributed by atoms with Crippen LogP contribution in [0.15, 0.2) is 0 Å². The van der Waals surface area contributed by atoms with Crippen molar-refractivity contribution in [2.24, 2.45) is 11.1 Å². The van der Waals surface area contributed by atoms with Gasteiger partial charge in [0.05, 0.1) is 11.4 Å². The average molecular weight is 193 g/mol. The first-order valence-electron chi connectivity index (χ1n) is 4.12. The maximum absolute atomic E-state index is 10.9. The van der Waals surface area contributed by atoms with Crippen LogP contribution in [0, 0.1) is 5.92 Å². The highest BCUT2D eigenvalue weighted by Crippen LogP contribution is 2.30. The van der Waals surface area contributed by atoms with Gasteiger partial charge in [-0.05, 0) is 19.8 Å². The Morgan fingerprint density at radius 3 is 2.42 bits per heavy atom. The Bertz CT molecular complexity index is 249. The van der Waals surface area contributed by atoms with Crippen molar-refractivity contribution in [1.82, 2.24) is 0 Å². The molecule has 0 amide bonds. The summed E-state index contributed by atoms with van der Waals surface area (Å²) in [4.78, 5) is 0. The highest BCUT2D eigenvalue weighted by atomic mass is 32.2. The van der Waals surface area contributed by atoms with Gasteiger partial charge in [0.1, 0.15) is 0 Å². The highest BCUT2D eigenvalue weighted by molar-refractivity contribution is 7.89. The molecular formula is C7H15NO3S. The standard InChI is InChI=1S/C7H15NO3S/c1-5(12(8,10)11)6-3-2-4-7(6)9/h5-7,9H,2-4H2,1H3,(H2,8,10,11)/t5?,6-,7+/m0/s1. The van der Waals surface area contributed by atoms with Crippen LogP contribution in [-0.2, 0) is 10.0 Å². The molecule has 3 atom stereocenters. The summed E-state index contributed by atoms with van der Waals surface area (Å²) < 4.78 is 21.9. The fourth-order valence-electron chi connectivity index (χ4n) is 1.76. The van der Waals surface area contributed by atoms with E-state index in [2.05, 4.69) is 0 Å². The molecule has 0 aliphatic heterocycles. The number of primary sulfonamides is 1. The van der Waals surface area contributed by atoms with Gasteiger partial charge in [0.25, 0.3) is 0 Å². The topological polar surface area (TPSA) is 80.4 Å². The van der Waals surface area contributed by atoms with E-state index in [1.165, 1.54) is 0 Å². The molecule has 3 N–H and O–H groups in total. The molecular weight excluding hydrogens is 178 g/mol. The van der Waals surface area contributed by atoms with Gasteiger partial charge in [0.2, 0.25) is 10.0 Å². The summed E-state index contributed by atoms with van der Waals surface area (Å²) in [6.45, 7) is 1.56. The first kappa shape index (κ1) is 9.95. The first-order chi connectivity index (χ1) is 5.43. The zero-order valence-electron chi connectivity index (χ0n) is 7.10. The van der Waals surface area contributed by atoms with Crippen molar-refractivity contribution in [3.63, 3.8) is 0 Å². The van der Waals surface area contributed by atoms with Crippen LogP contribution in [-0.4, -0.2) is 24.9 Å². The molecule has 5 heteroatoms. The molecule has 1 aliphatic rings. The first-order valence-corrected chi connectivity index (χ1v) is 5.73. The SMILES string of the molecule is CC([C@@H]1CCC[C@H]1O)S(N)(=O)=O. The summed E-state index contributed by atoms with van der Waals surface area (Å²) in [7, 11) is -3.48. The van der Waals surface area contributed by atoms with E-state index < -0.39 is 21.4 Å². The number of rotatable bonds is 2. The zero-order chi connectivity index (χ0) is 9.35. The fourth-order valence-corrected chi connectivity index (χ4v) is 2.57. The summed E-state index contributed by atoms with van der Waals surface area (Å²) in [5.41, 5.74) is 0. The van der Waals surface area contributed by atoms with Crippen LogP contribution in [0.2, 0.25) is 0 Å². The fraction of sp³-hybridized carbons (Fsp3) is 1.00. The van der Waals surface area contributed by atoms with E-state index in [1.54, 1.807) is 6.92 Å². The van der Waals surface area contributed by atoms with Crippen LogP contribution in [0.5, 0.6) is 0 Å². The Kier molecular flexibility index (Phi) is 2.75. The Morgan fingerprint density at radius 1 is 1.50 bits per heavy atom. The third-order valence-corrected chi connectivity index (χ3v) is 4.04. The zero-order valence-corrected chi connectivity index (χ0v) is 7.92. The lowest BCUT2D eigenvalue weighted by molar-refractivity contribution is 0.132. The molecule has 0 aromatic rings. The molecule has 1 unspecified atom stereocenters. The summed E-state index contributed by atoms with van der Waals surface area (Å²) in [5.74, 6) is -0.167. The monoisotopic (exact) mass is 193 g/mol. The normalized spacial score (nSPS) is 33.6. The van der Waals surface area contributed by atoms with Crippen molar-refractivity contribution >= 4 is 10.0 Å². The van der Waals surface area contributed by atoms with Crippen LogP contribution in [0.25, 0.3) is 0 Å². The van der Waals surface area contributed by atoms with Crippen LogP contribution in [0.4, 0.5) is 0 Å². The average Bonchev–Trinajstić information content (AvgIpc) is 2.31. The van der Waals surface area contributed by atoms with E-state index >= 15 is 0 Å². The third-order valence-electron chi connectivity index (χ3n) is 2.65. The van der Waals surface area contributed by atoms with E-state index in [0.717, 1.165) is 12.8 Å². The molecule has 0 heterocycles. The number of aliphatic hydroxyl groups excluding tert-OH is 1. The van der Waals surface area contributed by atoms with Gasteiger partial charge in [0, 0.05) is 5.92 Å². The molecule has 0 bridgehead atoms. The number of hydrogen-bond acceptors (Lipinski definition) is 3. The third kappa shape index (κ3) is 1.97. The van der Waals surface area contributed by atoms with E-state index in [1.807, 2.05) is 0 Å². The second-order valence-corrected chi connectivity index (χ2v) is 5.38. The summed E-state index contributed by atoms with van der Waals surface area (Å²) in [6.07, 6.45) is 1.87. The molecule has 72 valence electrons. The molecule has 1 aliphatic carbocycles. The summed E-state index contributed by atoms with van der Waals surface area (Å²) in [6, 6.07) is 0.